The number of thioether (sulfide) groups is 1. The van der Waals surface area contributed by atoms with E-state index in [0.29, 0.717) is 18.3 Å². The van der Waals surface area contributed by atoms with Crippen molar-refractivity contribution in [1.29, 1.82) is 0 Å². The Kier molecular flexibility index (Phi) is 5.74. The molecule has 0 unspecified atom stereocenters. The van der Waals surface area contributed by atoms with E-state index in [2.05, 4.69) is 15.5 Å². The minimum atomic E-state index is -1.12. The van der Waals surface area contributed by atoms with Crippen LogP contribution in [0.3, 0.4) is 0 Å². The van der Waals surface area contributed by atoms with Crippen molar-refractivity contribution in [3.05, 3.63) is 40.3 Å². The molecule has 1 atom stereocenters. The molecular formula is C16H18N4O5S. The van der Waals surface area contributed by atoms with E-state index in [1.54, 1.807) is 12.1 Å². The molecule has 0 spiro atoms. The fraction of sp³-hybridized carbons (Fsp3) is 0.375. The molecular weight excluding hydrogens is 360 g/mol. The van der Waals surface area contributed by atoms with Crippen molar-refractivity contribution in [2.75, 3.05) is 17.7 Å². The molecule has 1 aliphatic rings. The average Bonchev–Trinajstić information content (AvgIpc) is 3.25. The summed E-state index contributed by atoms with van der Waals surface area (Å²) in [5, 5.41) is 18.4. The van der Waals surface area contributed by atoms with Gasteiger partial charge in [0.2, 0.25) is 5.91 Å². The van der Waals surface area contributed by atoms with Gasteiger partial charge in [-0.25, -0.2) is 14.7 Å². The van der Waals surface area contributed by atoms with E-state index < -0.39 is 5.97 Å². The highest BCUT2D eigenvalue weighted by molar-refractivity contribution is 7.99. The molecule has 3 N–H and O–H groups in total. The summed E-state index contributed by atoms with van der Waals surface area (Å²) < 4.78 is 6.99. The first-order valence-electron chi connectivity index (χ1n) is 8.06. The van der Waals surface area contributed by atoms with Crippen LogP contribution in [0, 0.1) is 0 Å². The van der Waals surface area contributed by atoms with Crippen molar-refractivity contribution in [2.45, 2.75) is 30.6 Å². The summed E-state index contributed by atoms with van der Waals surface area (Å²) in [7, 11) is 0. The van der Waals surface area contributed by atoms with Gasteiger partial charge in [0.05, 0.1) is 29.7 Å². The van der Waals surface area contributed by atoms with Gasteiger partial charge >= 0.3 is 11.7 Å². The Hall–Kier alpha value is -2.59. The van der Waals surface area contributed by atoms with Crippen LogP contribution in [0.25, 0.3) is 0 Å². The number of amides is 1. The second kappa shape index (κ2) is 8.19. The van der Waals surface area contributed by atoms with E-state index in [4.69, 9.17) is 9.84 Å². The van der Waals surface area contributed by atoms with E-state index in [1.807, 2.05) is 0 Å². The fourth-order valence-corrected chi connectivity index (χ4v) is 3.42. The Bertz CT molecular complexity index is 856. The Morgan fingerprint density at radius 3 is 2.96 bits per heavy atom. The van der Waals surface area contributed by atoms with Gasteiger partial charge in [0.25, 0.3) is 0 Å². The number of nitrogens with one attached hydrogen (secondary N) is 2. The van der Waals surface area contributed by atoms with Crippen molar-refractivity contribution < 1.29 is 19.4 Å². The second-order valence-electron chi connectivity index (χ2n) is 5.74. The maximum Gasteiger partial charge on any atom is 0.344 e. The zero-order valence-electron chi connectivity index (χ0n) is 13.8. The molecule has 0 saturated carbocycles. The molecule has 2 aromatic rings. The van der Waals surface area contributed by atoms with Gasteiger partial charge in [0.15, 0.2) is 5.16 Å². The van der Waals surface area contributed by atoms with Gasteiger partial charge in [-0.05, 0) is 25.0 Å². The first-order valence-corrected chi connectivity index (χ1v) is 9.05. The van der Waals surface area contributed by atoms with Crippen LogP contribution in [0.1, 0.15) is 23.2 Å². The highest BCUT2D eigenvalue weighted by Crippen LogP contribution is 2.19. The number of H-pyrrole nitrogens is 1. The molecule has 1 aromatic carbocycles. The number of benzene rings is 1. The third-order valence-corrected chi connectivity index (χ3v) is 4.87. The predicted octanol–water partition coefficient (Wildman–Crippen LogP) is 1.18. The van der Waals surface area contributed by atoms with Gasteiger partial charge in [0.1, 0.15) is 0 Å². The molecule has 0 radical (unpaired) electrons. The summed E-state index contributed by atoms with van der Waals surface area (Å²) in [5.74, 6) is -1.52. The number of carboxylic acid groups (broad SMARTS) is 1. The maximum atomic E-state index is 12.1. The van der Waals surface area contributed by atoms with Gasteiger partial charge in [-0.15, -0.1) is 5.10 Å². The quantitative estimate of drug-likeness (QED) is 0.618. The van der Waals surface area contributed by atoms with Crippen LogP contribution in [-0.2, 0) is 16.1 Å². The molecule has 138 valence electrons. The van der Waals surface area contributed by atoms with Crippen LogP contribution in [0.2, 0.25) is 0 Å². The normalized spacial score (nSPS) is 16.5. The number of anilines is 1. The summed E-state index contributed by atoms with van der Waals surface area (Å²) in [5.41, 5.74) is -0.107. The highest BCUT2D eigenvalue weighted by atomic mass is 32.2. The molecule has 1 aromatic heterocycles. The number of rotatable bonds is 7. The van der Waals surface area contributed by atoms with E-state index in [1.165, 1.54) is 16.7 Å². The van der Waals surface area contributed by atoms with Gasteiger partial charge < -0.3 is 15.2 Å². The number of carbonyl (C=O) groups is 2. The lowest BCUT2D eigenvalue weighted by Crippen LogP contribution is -2.25. The lowest BCUT2D eigenvalue weighted by molar-refractivity contribution is -0.113. The predicted molar refractivity (Wildman–Crippen MR) is 94.6 cm³/mol. The van der Waals surface area contributed by atoms with Crippen LogP contribution < -0.4 is 11.0 Å². The Morgan fingerprint density at radius 1 is 1.42 bits per heavy atom. The number of para-hydroxylation sites is 1. The van der Waals surface area contributed by atoms with Gasteiger partial charge in [-0.2, -0.15) is 0 Å². The summed E-state index contributed by atoms with van der Waals surface area (Å²) in [6.07, 6.45) is 1.82. The number of hydrogen-bond donors (Lipinski definition) is 3. The van der Waals surface area contributed by atoms with Crippen molar-refractivity contribution in [2.24, 2.45) is 0 Å². The third-order valence-electron chi connectivity index (χ3n) is 3.90. The number of carbonyl (C=O) groups excluding carboxylic acids is 1. The monoisotopic (exact) mass is 378 g/mol. The number of hydrogen-bond acceptors (Lipinski definition) is 6. The Morgan fingerprint density at radius 2 is 2.23 bits per heavy atom. The fourth-order valence-electron chi connectivity index (χ4n) is 2.66. The molecule has 0 bridgehead atoms. The van der Waals surface area contributed by atoms with Crippen LogP contribution in [0.15, 0.2) is 34.2 Å². The average molecular weight is 378 g/mol. The van der Waals surface area contributed by atoms with E-state index in [-0.39, 0.29) is 34.7 Å². The van der Waals surface area contributed by atoms with Crippen LogP contribution >= 0.6 is 11.8 Å². The van der Waals surface area contributed by atoms with Crippen molar-refractivity contribution in [3.8, 4) is 0 Å². The second-order valence-corrected chi connectivity index (χ2v) is 6.69. The number of aromatic nitrogens is 3. The molecule has 1 saturated heterocycles. The minimum absolute atomic E-state index is 0.0101. The zero-order chi connectivity index (χ0) is 18.5. The Labute approximate surface area is 152 Å². The van der Waals surface area contributed by atoms with Crippen molar-refractivity contribution in [1.82, 2.24) is 14.8 Å². The molecule has 10 heteroatoms. The van der Waals surface area contributed by atoms with Crippen molar-refractivity contribution in [3.63, 3.8) is 0 Å². The minimum Gasteiger partial charge on any atom is -0.478 e. The smallest absolute Gasteiger partial charge is 0.344 e. The van der Waals surface area contributed by atoms with Gasteiger partial charge in [-0.1, -0.05) is 23.9 Å². The number of carboxylic acids is 1. The highest BCUT2D eigenvalue weighted by Gasteiger charge is 2.20. The van der Waals surface area contributed by atoms with Crippen LogP contribution in [0.4, 0.5) is 5.69 Å². The van der Waals surface area contributed by atoms with Crippen LogP contribution in [-0.4, -0.2) is 50.2 Å². The Balaban J connectivity index is 1.62. The number of aromatic amines is 1. The third kappa shape index (κ3) is 4.33. The maximum absolute atomic E-state index is 12.1. The topological polar surface area (TPSA) is 126 Å². The molecule has 2 heterocycles. The lowest BCUT2D eigenvalue weighted by atomic mass is 10.2. The van der Waals surface area contributed by atoms with E-state index >= 15 is 0 Å². The SMILES string of the molecule is O=C(CSc1n[nH]c(=O)n1C[C@@H]1CCCO1)Nc1ccccc1C(=O)O. The summed E-state index contributed by atoms with van der Waals surface area (Å²) in [6.45, 7) is 1.08. The largest absolute Gasteiger partial charge is 0.478 e. The molecule has 1 fully saturated rings. The van der Waals surface area contributed by atoms with Gasteiger partial charge in [0, 0.05) is 6.61 Å². The molecule has 1 aliphatic heterocycles. The molecule has 3 rings (SSSR count). The van der Waals surface area contributed by atoms with Gasteiger partial charge in [-0.3, -0.25) is 9.36 Å². The molecule has 9 nitrogen and oxygen atoms in total. The molecule has 26 heavy (non-hydrogen) atoms. The molecule has 1 amide bonds. The number of nitrogens with zero attached hydrogens (tertiary/aromatic N) is 2. The number of ether oxygens (including phenoxy) is 1. The zero-order valence-corrected chi connectivity index (χ0v) is 14.6. The standard InChI is InChI=1S/C16H18N4O5S/c21-13(17-12-6-2-1-5-11(12)14(22)23)9-26-16-19-18-15(24)20(16)8-10-4-3-7-25-10/h1-2,5-6,10H,3-4,7-9H2,(H,17,21)(H,18,24)(H,22,23)/t10-/m0/s1. The first kappa shape index (κ1) is 18.2. The van der Waals surface area contributed by atoms with E-state index in [9.17, 15) is 14.4 Å². The van der Waals surface area contributed by atoms with Crippen LogP contribution in [0.5, 0.6) is 0 Å². The molecule has 0 aliphatic carbocycles. The van der Waals surface area contributed by atoms with E-state index in [0.717, 1.165) is 24.6 Å². The number of aromatic carboxylic acids is 1. The summed E-state index contributed by atoms with van der Waals surface area (Å²) in [4.78, 5) is 35.2. The lowest BCUT2D eigenvalue weighted by Gasteiger charge is -2.11. The van der Waals surface area contributed by atoms with Crippen molar-refractivity contribution >= 4 is 29.3 Å². The summed E-state index contributed by atoms with van der Waals surface area (Å²) in [6, 6.07) is 6.16. The first-order chi connectivity index (χ1) is 12.5. The summed E-state index contributed by atoms with van der Waals surface area (Å²) >= 11 is 1.10.